The van der Waals surface area contributed by atoms with Gasteiger partial charge in [0.25, 0.3) is 0 Å². The molecule has 4 heterocycles. The molecule has 3 aliphatic heterocycles. The van der Waals surface area contributed by atoms with Crippen molar-refractivity contribution in [2.24, 2.45) is 0 Å². The summed E-state index contributed by atoms with van der Waals surface area (Å²) in [6, 6.07) is 6.29. The largest absolute Gasteiger partial charge is 0.462 e. The van der Waals surface area contributed by atoms with Crippen molar-refractivity contribution in [1.29, 1.82) is 5.26 Å². The van der Waals surface area contributed by atoms with E-state index in [1.54, 1.807) is 30.6 Å². The molecule has 5 rings (SSSR count). The molecule has 1 aromatic carbocycles. The van der Waals surface area contributed by atoms with Crippen molar-refractivity contribution in [2.45, 2.75) is 76.9 Å². The third kappa shape index (κ3) is 7.49. The third-order valence-electron chi connectivity index (χ3n) is 8.45. The molecule has 3 aliphatic rings. The smallest absolute Gasteiger partial charge is 0.419 e. The monoisotopic (exact) mass is 649 g/mol. The molecule has 0 aliphatic carbocycles. The summed E-state index contributed by atoms with van der Waals surface area (Å²) in [6.07, 6.45) is -2.57. The summed E-state index contributed by atoms with van der Waals surface area (Å²) >= 11 is 6.05. The van der Waals surface area contributed by atoms with Crippen LogP contribution in [0.1, 0.15) is 56.9 Å². The number of carbonyl (C=O) groups is 1. The van der Waals surface area contributed by atoms with Gasteiger partial charge in [-0.05, 0) is 65.8 Å². The molecule has 1 amide bonds. The van der Waals surface area contributed by atoms with Crippen molar-refractivity contribution in [3.8, 4) is 12.1 Å². The van der Waals surface area contributed by atoms with Gasteiger partial charge >= 0.3 is 18.3 Å². The average molecular weight is 650 g/mol. The summed E-state index contributed by atoms with van der Waals surface area (Å²) in [7, 11) is 2.04. The van der Waals surface area contributed by atoms with E-state index in [9.17, 15) is 23.2 Å². The number of ether oxygens (including phenoxy) is 2. The first-order valence-corrected chi connectivity index (χ1v) is 15.6. The van der Waals surface area contributed by atoms with Gasteiger partial charge in [0.2, 0.25) is 0 Å². The van der Waals surface area contributed by atoms with Crippen LogP contribution in [0.15, 0.2) is 18.2 Å². The zero-order valence-electron chi connectivity index (χ0n) is 26.0. The number of alkyl halides is 3. The Balaban J connectivity index is 1.47. The number of nitriles is 1. The van der Waals surface area contributed by atoms with Crippen LogP contribution in [0, 0.1) is 11.3 Å². The second kappa shape index (κ2) is 13.1. The van der Waals surface area contributed by atoms with Crippen molar-refractivity contribution in [1.82, 2.24) is 19.8 Å². The van der Waals surface area contributed by atoms with E-state index in [0.29, 0.717) is 50.7 Å². The van der Waals surface area contributed by atoms with Crippen LogP contribution in [0.2, 0.25) is 5.02 Å². The second-order valence-corrected chi connectivity index (χ2v) is 13.2. The van der Waals surface area contributed by atoms with Gasteiger partial charge < -0.3 is 29.1 Å². The highest BCUT2D eigenvalue weighted by Gasteiger charge is 2.39. The number of amides is 1. The summed E-state index contributed by atoms with van der Waals surface area (Å²) in [4.78, 5) is 30.0. The van der Waals surface area contributed by atoms with Crippen LogP contribution in [-0.4, -0.2) is 89.9 Å². The number of nitrogens with zero attached hydrogens (tertiary/aromatic N) is 7. The quantitative estimate of drug-likeness (QED) is 0.400. The lowest BCUT2D eigenvalue weighted by Gasteiger charge is -2.42. The summed E-state index contributed by atoms with van der Waals surface area (Å²) in [5, 5.41) is 9.23. The summed E-state index contributed by atoms with van der Waals surface area (Å²) in [6.45, 7) is 8.20. The maximum absolute atomic E-state index is 14.1. The zero-order chi connectivity index (χ0) is 32.5. The first-order valence-electron chi connectivity index (χ1n) is 15.2. The number of carbonyl (C=O) groups excluding carboxylic acids is 1. The van der Waals surface area contributed by atoms with Crippen LogP contribution >= 0.6 is 11.6 Å². The minimum absolute atomic E-state index is 0.00378. The molecule has 0 radical (unpaired) electrons. The second-order valence-electron chi connectivity index (χ2n) is 12.8. The fourth-order valence-corrected chi connectivity index (χ4v) is 6.50. The van der Waals surface area contributed by atoms with E-state index in [4.69, 9.17) is 31.0 Å². The number of fused-ring (bicyclic) bond motifs is 1. The Morgan fingerprint density at radius 1 is 1.11 bits per heavy atom. The molecular weight excluding hydrogens is 611 g/mol. The maximum atomic E-state index is 14.1. The topological polar surface area (TPSA) is 98.1 Å². The van der Waals surface area contributed by atoms with Gasteiger partial charge in [-0.25, -0.2) is 4.79 Å². The number of piperazine rings is 1. The lowest BCUT2D eigenvalue weighted by Crippen LogP contribution is -2.56. The van der Waals surface area contributed by atoms with Gasteiger partial charge in [0.15, 0.2) is 0 Å². The highest BCUT2D eigenvalue weighted by atomic mass is 35.5. The molecule has 2 atom stereocenters. The van der Waals surface area contributed by atoms with Gasteiger partial charge in [-0.15, -0.1) is 0 Å². The van der Waals surface area contributed by atoms with Gasteiger partial charge in [-0.3, -0.25) is 0 Å². The fraction of sp³-hybridized carbons (Fsp3) is 0.613. The van der Waals surface area contributed by atoms with E-state index in [1.165, 1.54) is 18.2 Å². The molecule has 14 heteroatoms. The highest BCUT2D eigenvalue weighted by molar-refractivity contribution is 6.31. The summed E-state index contributed by atoms with van der Waals surface area (Å²) in [5.74, 6) is 0.614. The number of hydrogen-bond acceptors (Lipinski definition) is 9. The zero-order valence-corrected chi connectivity index (χ0v) is 26.8. The number of hydrogen-bond donors (Lipinski definition) is 0. The molecule has 2 fully saturated rings. The van der Waals surface area contributed by atoms with E-state index >= 15 is 0 Å². The molecule has 45 heavy (non-hydrogen) atoms. The Morgan fingerprint density at radius 3 is 2.56 bits per heavy atom. The summed E-state index contributed by atoms with van der Waals surface area (Å²) in [5.41, 5.74) is -0.176. The van der Waals surface area contributed by atoms with Gasteiger partial charge in [0.1, 0.15) is 18.0 Å². The number of rotatable bonds is 6. The molecule has 0 saturated carbocycles. The molecule has 0 N–H and O–H groups in total. The number of benzene rings is 1. The Morgan fingerprint density at radius 2 is 1.89 bits per heavy atom. The average Bonchev–Trinajstić information content (AvgIpc) is 3.38. The predicted octanol–water partition coefficient (Wildman–Crippen LogP) is 5.52. The Bertz CT molecular complexity index is 1450. The van der Waals surface area contributed by atoms with Crippen LogP contribution in [0.25, 0.3) is 0 Å². The molecule has 10 nitrogen and oxygen atoms in total. The van der Waals surface area contributed by atoms with E-state index in [1.807, 2.05) is 11.9 Å². The van der Waals surface area contributed by atoms with Crippen LogP contribution in [0.5, 0.6) is 6.01 Å². The summed E-state index contributed by atoms with van der Waals surface area (Å²) < 4.78 is 53.9. The van der Waals surface area contributed by atoms with Gasteiger partial charge in [-0.2, -0.15) is 28.4 Å². The van der Waals surface area contributed by atoms with Crippen molar-refractivity contribution in [3.63, 3.8) is 0 Å². The fourth-order valence-electron chi connectivity index (χ4n) is 6.23. The third-order valence-corrected chi connectivity index (χ3v) is 8.77. The number of anilines is 2. The van der Waals surface area contributed by atoms with Crippen LogP contribution in [0.4, 0.5) is 29.5 Å². The number of aromatic nitrogens is 2. The highest BCUT2D eigenvalue weighted by Crippen LogP contribution is 2.43. The number of likely N-dealkylation sites (N-methyl/N-ethyl adjacent to an activating group) is 1. The molecule has 0 unspecified atom stereocenters. The molecule has 2 saturated heterocycles. The molecule has 2 aromatic rings. The molecule has 0 bridgehead atoms. The minimum atomic E-state index is -4.63. The normalized spacial score (nSPS) is 21.0. The van der Waals surface area contributed by atoms with Crippen molar-refractivity contribution in [3.05, 3.63) is 40.0 Å². The standard InChI is InChI=1S/C31H39ClF3N7O3/c1-30(2,3)45-29(43)42-16-15-41(17-20(42)10-12-36)27-22-11-14-40(25-9-5-8-23(32)26(25)31(33,34)35)18-24(22)37-28(38-27)44-19-21-7-6-13-39(21)4/h5,8-9,20-21H,6-7,10-11,13-19H2,1-4H3/t20-,21+/m0/s1. The molecule has 0 spiro atoms. The van der Waals surface area contributed by atoms with E-state index in [-0.39, 0.29) is 35.7 Å². The van der Waals surface area contributed by atoms with Crippen molar-refractivity contribution in [2.75, 3.05) is 56.2 Å². The van der Waals surface area contributed by atoms with Gasteiger partial charge in [0.05, 0.1) is 47.0 Å². The van der Waals surface area contributed by atoms with E-state index in [0.717, 1.165) is 24.9 Å². The maximum Gasteiger partial charge on any atom is 0.419 e. The first-order chi connectivity index (χ1) is 21.2. The van der Waals surface area contributed by atoms with Crippen molar-refractivity contribution < 1.29 is 27.4 Å². The molecular formula is C31H39ClF3N7O3. The van der Waals surface area contributed by atoms with Crippen LogP contribution < -0.4 is 14.5 Å². The number of halogens is 4. The minimum Gasteiger partial charge on any atom is -0.462 e. The SMILES string of the molecule is CN1CCC[C@@H]1COc1nc2c(c(N3CCN(C(=O)OC(C)(C)C)[C@@H](CC#N)C3)n1)CCN(c1cccc(Cl)c1C(F)(F)F)C2. The lowest BCUT2D eigenvalue weighted by molar-refractivity contribution is -0.137. The van der Waals surface area contributed by atoms with Gasteiger partial charge in [0, 0.05) is 37.8 Å². The van der Waals surface area contributed by atoms with E-state index in [2.05, 4.69) is 11.0 Å². The van der Waals surface area contributed by atoms with Gasteiger partial charge in [-0.1, -0.05) is 17.7 Å². The van der Waals surface area contributed by atoms with E-state index < -0.39 is 29.5 Å². The van der Waals surface area contributed by atoms with Crippen molar-refractivity contribution >= 4 is 29.2 Å². The lowest BCUT2D eigenvalue weighted by atomic mass is 10.0. The molecule has 244 valence electrons. The first kappa shape index (κ1) is 32.9. The Hall–Kier alpha value is -3.50. The molecule has 1 aromatic heterocycles. The predicted molar refractivity (Wildman–Crippen MR) is 164 cm³/mol. The van der Waals surface area contributed by atoms with Crippen LogP contribution in [-0.2, 0) is 23.9 Å². The Kier molecular flexibility index (Phi) is 9.56. The Labute approximate surface area is 266 Å². The van der Waals surface area contributed by atoms with Crippen LogP contribution in [0.3, 0.4) is 0 Å². The number of likely N-dealkylation sites (tertiary alicyclic amines) is 1.